The number of hydrogen-bond donors (Lipinski definition) is 0. The summed E-state index contributed by atoms with van der Waals surface area (Å²) >= 11 is 0. The summed E-state index contributed by atoms with van der Waals surface area (Å²) in [4.78, 5) is 42.2. The van der Waals surface area contributed by atoms with Crippen LogP contribution in [0.15, 0.2) is 18.2 Å². The average molecular weight is 359 g/mol. The van der Waals surface area contributed by atoms with Crippen LogP contribution in [0.1, 0.15) is 24.5 Å². The largest absolute Gasteiger partial charge is 0.450 e. The van der Waals surface area contributed by atoms with Gasteiger partial charge in [-0.2, -0.15) is 0 Å². The van der Waals surface area contributed by atoms with Gasteiger partial charge in [0.1, 0.15) is 0 Å². The summed E-state index contributed by atoms with van der Waals surface area (Å²) in [6.07, 6.45) is -0.135. The molecule has 3 rings (SSSR count). The van der Waals surface area contributed by atoms with Gasteiger partial charge in [-0.3, -0.25) is 14.5 Å². The molecule has 2 aliphatic rings. The molecule has 0 radical (unpaired) electrons. The van der Waals surface area contributed by atoms with Gasteiger partial charge in [-0.15, -0.1) is 0 Å². The zero-order chi connectivity index (χ0) is 18.8. The predicted molar refractivity (Wildman–Crippen MR) is 97.0 cm³/mol. The minimum atomic E-state index is -0.451. The summed E-state index contributed by atoms with van der Waals surface area (Å²) in [5, 5.41) is 0. The Hall–Kier alpha value is -2.41. The van der Waals surface area contributed by atoms with Crippen LogP contribution in [0.4, 0.5) is 10.5 Å². The Bertz CT molecular complexity index is 725. The fourth-order valence-electron chi connectivity index (χ4n) is 3.64. The van der Waals surface area contributed by atoms with E-state index in [2.05, 4.69) is 0 Å². The van der Waals surface area contributed by atoms with Gasteiger partial charge in [-0.05, 0) is 32.4 Å². The van der Waals surface area contributed by atoms with E-state index in [-0.39, 0.29) is 24.3 Å². The van der Waals surface area contributed by atoms with Crippen LogP contribution in [0.3, 0.4) is 0 Å². The first-order chi connectivity index (χ1) is 12.4. The summed E-state index contributed by atoms with van der Waals surface area (Å²) < 4.78 is 5.02. The molecule has 1 aromatic rings. The molecule has 1 atom stereocenters. The van der Waals surface area contributed by atoms with Crippen molar-refractivity contribution in [2.75, 3.05) is 37.7 Å². The number of nitrogens with zero attached hydrogens (tertiary/aromatic N) is 3. The second-order valence-corrected chi connectivity index (χ2v) is 6.80. The first-order valence-electron chi connectivity index (χ1n) is 9.02. The maximum atomic E-state index is 12.9. The number of benzene rings is 1. The quantitative estimate of drug-likeness (QED) is 0.769. The van der Waals surface area contributed by atoms with Gasteiger partial charge in [0.2, 0.25) is 5.91 Å². The normalized spacial score (nSPS) is 21.4. The lowest BCUT2D eigenvalue weighted by atomic mass is 10.1. The molecule has 1 unspecified atom stereocenters. The van der Waals surface area contributed by atoms with Crippen molar-refractivity contribution < 1.29 is 19.1 Å². The van der Waals surface area contributed by atoms with Crippen molar-refractivity contribution in [3.05, 3.63) is 29.3 Å². The molecule has 2 saturated heterocycles. The van der Waals surface area contributed by atoms with Gasteiger partial charge in [0.15, 0.2) is 0 Å². The van der Waals surface area contributed by atoms with Gasteiger partial charge in [0.25, 0.3) is 5.91 Å². The van der Waals surface area contributed by atoms with Crippen molar-refractivity contribution in [1.82, 2.24) is 9.80 Å². The van der Waals surface area contributed by atoms with E-state index in [1.807, 2.05) is 36.9 Å². The molecule has 2 fully saturated rings. The lowest BCUT2D eigenvalue weighted by molar-refractivity contribution is -0.123. The van der Waals surface area contributed by atoms with E-state index < -0.39 is 6.04 Å². The Balaban J connectivity index is 1.69. The van der Waals surface area contributed by atoms with Gasteiger partial charge in [0.05, 0.1) is 24.8 Å². The lowest BCUT2D eigenvalue weighted by Crippen LogP contribution is -2.54. The monoisotopic (exact) mass is 359 g/mol. The van der Waals surface area contributed by atoms with Gasteiger partial charge < -0.3 is 9.64 Å². The number of ether oxygens (including phenoxy) is 1. The molecular weight excluding hydrogens is 334 g/mol. The highest BCUT2D eigenvalue weighted by molar-refractivity contribution is 6.22. The molecule has 0 saturated carbocycles. The molecule has 1 aromatic carbocycles. The molecule has 3 amide bonds. The summed E-state index contributed by atoms with van der Waals surface area (Å²) in [7, 11) is 0. The fraction of sp³-hybridized carbons (Fsp3) is 0.526. The molecule has 0 aliphatic carbocycles. The van der Waals surface area contributed by atoms with Crippen LogP contribution in [-0.4, -0.2) is 66.5 Å². The smallest absolute Gasteiger partial charge is 0.409 e. The standard InChI is InChI=1S/C19H25N3O4/c1-4-26-19(25)21-9-7-20(8-10-21)16-12-17(23)22(18(16)24)15-6-5-13(2)11-14(15)3/h5-6,11,16H,4,7-10,12H2,1-3H3. The van der Waals surface area contributed by atoms with Crippen LogP contribution in [0, 0.1) is 13.8 Å². The van der Waals surface area contributed by atoms with Crippen LogP contribution in [0.2, 0.25) is 0 Å². The van der Waals surface area contributed by atoms with Crippen LogP contribution in [0.5, 0.6) is 0 Å². The number of hydrogen-bond acceptors (Lipinski definition) is 5. The first-order valence-corrected chi connectivity index (χ1v) is 9.02. The maximum Gasteiger partial charge on any atom is 0.409 e. The van der Waals surface area contributed by atoms with E-state index in [1.165, 1.54) is 4.90 Å². The number of aryl methyl sites for hydroxylation is 2. The number of amides is 3. The van der Waals surface area contributed by atoms with Crippen molar-refractivity contribution in [3.8, 4) is 0 Å². The lowest BCUT2D eigenvalue weighted by Gasteiger charge is -2.36. The molecular formula is C19H25N3O4. The van der Waals surface area contributed by atoms with E-state index >= 15 is 0 Å². The highest BCUT2D eigenvalue weighted by atomic mass is 16.6. The molecule has 140 valence electrons. The Labute approximate surface area is 153 Å². The van der Waals surface area contributed by atoms with E-state index in [4.69, 9.17) is 4.74 Å². The summed E-state index contributed by atoms with van der Waals surface area (Å²) in [6, 6.07) is 5.27. The number of rotatable bonds is 3. The number of carbonyl (C=O) groups excluding carboxylic acids is 3. The number of carbonyl (C=O) groups is 3. The van der Waals surface area contributed by atoms with Gasteiger partial charge in [-0.25, -0.2) is 9.69 Å². The molecule has 0 aromatic heterocycles. The Morgan fingerprint density at radius 3 is 2.46 bits per heavy atom. The third-order valence-electron chi connectivity index (χ3n) is 5.00. The number of anilines is 1. The predicted octanol–water partition coefficient (Wildman–Crippen LogP) is 1.71. The summed E-state index contributed by atoms with van der Waals surface area (Å²) in [5.41, 5.74) is 2.68. The third kappa shape index (κ3) is 3.44. The molecule has 26 heavy (non-hydrogen) atoms. The highest BCUT2D eigenvalue weighted by Gasteiger charge is 2.44. The fourth-order valence-corrected chi connectivity index (χ4v) is 3.64. The highest BCUT2D eigenvalue weighted by Crippen LogP contribution is 2.29. The third-order valence-corrected chi connectivity index (χ3v) is 5.00. The Morgan fingerprint density at radius 1 is 1.15 bits per heavy atom. The number of imide groups is 1. The van der Waals surface area contributed by atoms with Crippen LogP contribution in [-0.2, 0) is 14.3 Å². The zero-order valence-electron chi connectivity index (χ0n) is 15.5. The summed E-state index contributed by atoms with van der Waals surface area (Å²) in [5.74, 6) is -0.341. The molecule has 0 N–H and O–H groups in total. The first kappa shape index (κ1) is 18.4. The Morgan fingerprint density at radius 2 is 1.85 bits per heavy atom. The van der Waals surface area contributed by atoms with Crippen LogP contribution in [0.25, 0.3) is 0 Å². The average Bonchev–Trinajstić information content (AvgIpc) is 2.90. The maximum absolute atomic E-state index is 12.9. The topological polar surface area (TPSA) is 70.2 Å². The zero-order valence-corrected chi connectivity index (χ0v) is 15.5. The molecule has 0 spiro atoms. The summed E-state index contributed by atoms with van der Waals surface area (Å²) in [6.45, 7) is 8.13. The molecule has 0 bridgehead atoms. The van der Waals surface area contributed by atoms with Crippen molar-refractivity contribution >= 4 is 23.6 Å². The van der Waals surface area contributed by atoms with E-state index in [9.17, 15) is 14.4 Å². The molecule has 2 aliphatic heterocycles. The second kappa shape index (κ2) is 7.45. The van der Waals surface area contributed by atoms with Crippen LogP contribution >= 0.6 is 0 Å². The number of piperazine rings is 1. The van der Waals surface area contributed by atoms with E-state index in [0.717, 1.165) is 11.1 Å². The molecule has 7 nitrogen and oxygen atoms in total. The second-order valence-electron chi connectivity index (χ2n) is 6.80. The van der Waals surface area contributed by atoms with Gasteiger partial charge in [0, 0.05) is 26.2 Å². The van der Waals surface area contributed by atoms with Gasteiger partial charge >= 0.3 is 6.09 Å². The van der Waals surface area contributed by atoms with Crippen LogP contribution < -0.4 is 4.90 Å². The van der Waals surface area contributed by atoms with Crippen molar-refractivity contribution in [2.24, 2.45) is 0 Å². The SMILES string of the molecule is CCOC(=O)N1CCN(C2CC(=O)N(c3ccc(C)cc3C)C2=O)CC1. The molecule has 2 heterocycles. The minimum absolute atomic E-state index is 0.167. The van der Waals surface area contributed by atoms with Crippen molar-refractivity contribution in [3.63, 3.8) is 0 Å². The van der Waals surface area contributed by atoms with E-state index in [1.54, 1.807) is 11.8 Å². The van der Waals surface area contributed by atoms with Crippen molar-refractivity contribution in [1.29, 1.82) is 0 Å². The Kier molecular flexibility index (Phi) is 5.27. The molecule has 7 heteroatoms. The van der Waals surface area contributed by atoms with Crippen molar-refractivity contribution in [2.45, 2.75) is 33.2 Å². The minimum Gasteiger partial charge on any atom is -0.450 e. The van der Waals surface area contributed by atoms with E-state index in [0.29, 0.717) is 38.5 Å². The van der Waals surface area contributed by atoms with Gasteiger partial charge in [-0.1, -0.05) is 17.7 Å².